The van der Waals surface area contributed by atoms with Crippen molar-refractivity contribution in [2.45, 2.75) is 51.1 Å². The molecule has 1 amide bonds. The number of likely N-dealkylation sites (tertiary alicyclic amines) is 1. The highest BCUT2D eigenvalue weighted by molar-refractivity contribution is 5.85. The highest BCUT2D eigenvalue weighted by Crippen LogP contribution is 2.55. The van der Waals surface area contributed by atoms with E-state index in [4.69, 9.17) is 4.74 Å². The van der Waals surface area contributed by atoms with Gasteiger partial charge in [0, 0.05) is 36.9 Å². The molecule has 6 nitrogen and oxygen atoms in total. The number of nitrogens with zero attached hydrogens (tertiary/aromatic N) is 3. The topological polar surface area (TPSA) is 67.6 Å². The third-order valence-corrected chi connectivity index (χ3v) is 6.44. The highest BCUT2D eigenvalue weighted by Gasteiger charge is 2.56. The fraction of sp³-hybridized carbons (Fsp3) is 0.565. The lowest BCUT2D eigenvalue weighted by atomic mass is 9.64. The van der Waals surface area contributed by atoms with Gasteiger partial charge in [0.2, 0.25) is 5.91 Å². The average molecular weight is 398 g/mol. The fourth-order valence-corrected chi connectivity index (χ4v) is 4.74. The number of rotatable bonds is 4. The summed E-state index contributed by atoms with van der Waals surface area (Å²) in [5.41, 5.74) is 1.86. The Morgan fingerprint density at radius 1 is 1.28 bits per heavy atom. The van der Waals surface area contributed by atoms with Crippen LogP contribution in [0.1, 0.15) is 56.7 Å². The lowest BCUT2D eigenvalue weighted by Gasteiger charge is -2.59. The van der Waals surface area contributed by atoms with Crippen molar-refractivity contribution in [2.75, 3.05) is 26.4 Å². The number of hydrogen-bond donors (Lipinski definition) is 1. The molecule has 1 aromatic carbocycles. The third kappa shape index (κ3) is 3.60. The molecule has 2 saturated heterocycles. The first-order valence-corrected chi connectivity index (χ1v) is 10.4. The molecule has 2 aliphatic rings. The predicted octanol–water partition coefficient (Wildman–Crippen LogP) is 3.09. The number of ether oxygens (including phenoxy) is 1. The number of amides is 1. The second kappa shape index (κ2) is 7.58. The highest BCUT2D eigenvalue weighted by atomic mass is 16.5. The van der Waals surface area contributed by atoms with Gasteiger partial charge in [-0.3, -0.25) is 9.48 Å². The molecule has 0 saturated carbocycles. The minimum absolute atomic E-state index is 0.00988. The summed E-state index contributed by atoms with van der Waals surface area (Å²) in [7, 11) is 0. The van der Waals surface area contributed by atoms with Gasteiger partial charge >= 0.3 is 0 Å². The third-order valence-electron chi connectivity index (χ3n) is 6.44. The summed E-state index contributed by atoms with van der Waals surface area (Å²) in [6.07, 6.45) is 5.87. The van der Waals surface area contributed by atoms with E-state index in [-0.39, 0.29) is 29.5 Å². The molecule has 2 unspecified atom stereocenters. The normalized spacial score (nSPS) is 22.3. The van der Waals surface area contributed by atoms with Crippen LogP contribution in [-0.4, -0.2) is 52.1 Å². The van der Waals surface area contributed by atoms with Crippen LogP contribution in [0, 0.1) is 5.41 Å². The summed E-state index contributed by atoms with van der Waals surface area (Å²) in [5, 5.41) is 14.6. The van der Waals surface area contributed by atoms with Crippen LogP contribution in [0.4, 0.5) is 0 Å². The maximum Gasteiger partial charge on any atom is 0.233 e. The van der Waals surface area contributed by atoms with Crippen molar-refractivity contribution < 1.29 is 14.6 Å². The van der Waals surface area contributed by atoms with Gasteiger partial charge in [0.25, 0.3) is 0 Å². The maximum atomic E-state index is 13.5. The van der Waals surface area contributed by atoms with Crippen molar-refractivity contribution in [1.29, 1.82) is 0 Å². The van der Waals surface area contributed by atoms with E-state index in [0.717, 1.165) is 37.2 Å². The SMILES string of the molecule is CC(C)(C)n1cc(C2N(C(=O)C(CO)c3ccccc3)CC23CCOCC3)cn1. The predicted molar refractivity (Wildman–Crippen MR) is 110 cm³/mol. The first-order valence-electron chi connectivity index (χ1n) is 10.4. The van der Waals surface area contributed by atoms with Crippen molar-refractivity contribution in [3.05, 3.63) is 53.9 Å². The molecule has 2 atom stereocenters. The van der Waals surface area contributed by atoms with Crippen LogP contribution in [0.25, 0.3) is 0 Å². The molecule has 0 bridgehead atoms. The molecule has 6 heteroatoms. The minimum atomic E-state index is -0.534. The number of aliphatic hydroxyl groups is 1. The molecular formula is C23H31N3O3. The van der Waals surface area contributed by atoms with Gasteiger partial charge in [-0.05, 0) is 39.2 Å². The Morgan fingerprint density at radius 2 is 1.97 bits per heavy atom. The molecule has 2 aliphatic heterocycles. The molecule has 1 N–H and O–H groups in total. The van der Waals surface area contributed by atoms with Gasteiger partial charge in [0.1, 0.15) is 0 Å². The van der Waals surface area contributed by atoms with E-state index in [1.54, 1.807) is 0 Å². The molecule has 2 fully saturated rings. The van der Waals surface area contributed by atoms with E-state index in [1.165, 1.54) is 0 Å². The Labute approximate surface area is 172 Å². The van der Waals surface area contributed by atoms with Gasteiger partial charge in [-0.25, -0.2) is 0 Å². The zero-order chi connectivity index (χ0) is 20.6. The standard InChI is InChI=1S/C23H31N3O3/c1-22(2,3)26-14-18(13-24-26)20-23(9-11-29-12-10-23)16-25(20)21(28)19(15-27)17-7-5-4-6-8-17/h4-8,13-14,19-20,27H,9-12,15-16H2,1-3H3. The van der Waals surface area contributed by atoms with Crippen molar-refractivity contribution in [2.24, 2.45) is 5.41 Å². The molecule has 1 spiro atoms. The summed E-state index contributed by atoms with van der Waals surface area (Å²) >= 11 is 0. The number of carbonyl (C=O) groups excluding carboxylic acids is 1. The Morgan fingerprint density at radius 3 is 2.55 bits per heavy atom. The number of hydrogen-bond acceptors (Lipinski definition) is 4. The van der Waals surface area contributed by atoms with Crippen LogP contribution in [-0.2, 0) is 15.1 Å². The molecule has 0 aliphatic carbocycles. The van der Waals surface area contributed by atoms with Crippen molar-refractivity contribution in [3.8, 4) is 0 Å². The summed E-state index contributed by atoms with van der Waals surface area (Å²) in [6, 6.07) is 9.54. The van der Waals surface area contributed by atoms with Crippen molar-refractivity contribution in [1.82, 2.24) is 14.7 Å². The first kappa shape index (κ1) is 20.1. The van der Waals surface area contributed by atoms with Crippen LogP contribution < -0.4 is 0 Å². The number of aliphatic hydroxyl groups excluding tert-OH is 1. The van der Waals surface area contributed by atoms with E-state index >= 15 is 0 Å². The van der Waals surface area contributed by atoms with Gasteiger partial charge < -0.3 is 14.7 Å². The molecule has 3 heterocycles. The average Bonchev–Trinajstić information content (AvgIpc) is 3.18. The minimum Gasteiger partial charge on any atom is -0.395 e. The van der Waals surface area contributed by atoms with Gasteiger partial charge in [-0.2, -0.15) is 5.10 Å². The van der Waals surface area contributed by atoms with Crippen LogP contribution in [0.3, 0.4) is 0 Å². The lowest BCUT2D eigenvalue weighted by Crippen LogP contribution is -2.63. The second-order valence-corrected chi connectivity index (χ2v) is 9.38. The Bertz CT molecular complexity index is 850. The Kier molecular flexibility index (Phi) is 5.25. The van der Waals surface area contributed by atoms with Crippen LogP contribution in [0.15, 0.2) is 42.7 Å². The van der Waals surface area contributed by atoms with E-state index in [0.29, 0.717) is 6.54 Å². The summed E-state index contributed by atoms with van der Waals surface area (Å²) in [4.78, 5) is 15.4. The Hall–Kier alpha value is -2.18. The van der Waals surface area contributed by atoms with Gasteiger partial charge in [-0.1, -0.05) is 30.3 Å². The summed E-state index contributed by atoms with van der Waals surface area (Å²) < 4.78 is 7.58. The molecule has 1 aromatic heterocycles. The van der Waals surface area contributed by atoms with Crippen molar-refractivity contribution in [3.63, 3.8) is 0 Å². The fourth-order valence-electron chi connectivity index (χ4n) is 4.74. The molecule has 0 radical (unpaired) electrons. The second-order valence-electron chi connectivity index (χ2n) is 9.38. The van der Waals surface area contributed by atoms with E-state index in [9.17, 15) is 9.90 Å². The van der Waals surface area contributed by atoms with E-state index in [2.05, 4.69) is 32.1 Å². The number of aromatic nitrogens is 2. The lowest BCUT2D eigenvalue weighted by molar-refractivity contribution is -0.171. The maximum absolute atomic E-state index is 13.5. The van der Waals surface area contributed by atoms with E-state index in [1.807, 2.05) is 46.1 Å². The molecule has 2 aromatic rings. The smallest absolute Gasteiger partial charge is 0.233 e. The van der Waals surface area contributed by atoms with Gasteiger partial charge in [0.05, 0.1) is 30.3 Å². The van der Waals surface area contributed by atoms with Crippen LogP contribution in [0.2, 0.25) is 0 Å². The molecule has 29 heavy (non-hydrogen) atoms. The van der Waals surface area contributed by atoms with Crippen LogP contribution in [0.5, 0.6) is 0 Å². The van der Waals surface area contributed by atoms with Gasteiger partial charge in [0.15, 0.2) is 0 Å². The van der Waals surface area contributed by atoms with E-state index < -0.39 is 5.92 Å². The summed E-state index contributed by atoms with van der Waals surface area (Å²) in [5.74, 6) is -0.544. The summed E-state index contributed by atoms with van der Waals surface area (Å²) in [6.45, 7) is 8.34. The zero-order valence-corrected chi connectivity index (χ0v) is 17.5. The first-order chi connectivity index (χ1) is 13.9. The monoisotopic (exact) mass is 397 g/mol. The number of carbonyl (C=O) groups is 1. The molecule has 4 rings (SSSR count). The Balaban J connectivity index is 1.65. The van der Waals surface area contributed by atoms with Crippen LogP contribution >= 0.6 is 0 Å². The largest absolute Gasteiger partial charge is 0.395 e. The van der Waals surface area contributed by atoms with Crippen molar-refractivity contribution >= 4 is 5.91 Å². The molecular weight excluding hydrogens is 366 g/mol. The van der Waals surface area contributed by atoms with Gasteiger partial charge in [-0.15, -0.1) is 0 Å². The number of benzene rings is 1. The zero-order valence-electron chi connectivity index (χ0n) is 17.5. The quantitative estimate of drug-likeness (QED) is 0.861. The molecule has 156 valence electrons.